The molecular formula is C27H32Cl2O6. The maximum Gasteiger partial charge on any atom is 0.375 e. The van der Waals surface area contributed by atoms with E-state index in [2.05, 4.69) is 6.92 Å². The average molecular weight is 523 g/mol. The molecule has 0 amide bonds. The van der Waals surface area contributed by atoms with E-state index in [-0.39, 0.29) is 47.0 Å². The standard InChI is InChI=1S/C27H32Cl2O6/c1-16-11-20(17-6-7-18-12-19(30)8-9-25(18,2)13-17)26(3,14-23(29)32)27(16,22(31)15-28)35-24(33)21-5-4-10-34-21/h4-5,8-10,12,16-17,20,23,32H,6-7,11,13-15H2,1-3H3/t16-,17-,20+,23?,25-,26+,27+/m1/s1. The minimum Gasteiger partial charge on any atom is -0.457 e. The Hall–Kier alpha value is -1.89. The number of fused-ring (bicyclic) bond motifs is 1. The molecule has 2 saturated carbocycles. The third kappa shape index (κ3) is 4.32. The predicted octanol–water partition coefficient (Wildman–Crippen LogP) is 5.46. The Morgan fingerprint density at radius 3 is 2.71 bits per heavy atom. The van der Waals surface area contributed by atoms with Crippen LogP contribution in [0.2, 0.25) is 0 Å². The summed E-state index contributed by atoms with van der Waals surface area (Å²) in [7, 11) is 0. The number of rotatable bonds is 7. The van der Waals surface area contributed by atoms with E-state index in [0.29, 0.717) is 6.42 Å². The minimum absolute atomic E-state index is 0.00636. The van der Waals surface area contributed by atoms with Gasteiger partial charge in [0.15, 0.2) is 17.2 Å². The third-order valence-electron chi connectivity index (χ3n) is 8.78. The van der Waals surface area contributed by atoms with Gasteiger partial charge in [0, 0.05) is 16.7 Å². The molecule has 1 aromatic heterocycles. The molecule has 6 nitrogen and oxygen atoms in total. The van der Waals surface area contributed by atoms with E-state index in [9.17, 15) is 19.5 Å². The molecular weight excluding hydrogens is 491 g/mol. The van der Waals surface area contributed by atoms with Gasteiger partial charge in [0.05, 0.1) is 12.1 Å². The molecule has 35 heavy (non-hydrogen) atoms. The molecule has 0 spiro atoms. The van der Waals surface area contributed by atoms with Crippen molar-refractivity contribution in [3.05, 3.63) is 48.0 Å². The second-order valence-electron chi connectivity index (χ2n) is 10.8. The van der Waals surface area contributed by atoms with E-state index < -0.39 is 28.3 Å². The summed E-state index contributed by atoms with van der Waals surface area (Å²) >= 11 is 12.3. The number of allylic oxidation sites excluding steroid dienone is 4. The van der Waals surface area contributed by atoms with Crippen LogP contribution in [0.5, 0.6) is 0 Å². The van der Waals surface area contributed by atoms with Gasteiger partial charge >= 0.3 is 5.97 Å². The summed E-state index contributed by atoms with van der Waals surface area (Å²) < 4.78 is 11.3. The highest BCUT2D eigenvalue weighted by Crippen LogP contribution is 2.64. The maximum atomic E-state index is 13.6. The van der Waals surface area contributed by atoms with Gasteiger partial charge in [-0.15, -0.1) is 11.6 Å². The van der Waals surface area contributed by atoms with Crippen LogP contribution >= 0.6 is 23.2 Å². The zero-order chi connectivity index (χ0) is 25.6. The highest BCUT2D eigenvalue weighted by molar-refractivity contribution is 6.29. The van der Waals surface area contributed by atoms with Crippen molar-refractivity contribution in [1.82, 2.24) is 0 Å². The van der Waals surface area contributed by atoms with E-state index in [0.717, 1.165) is 24.8 Å². The molecule has 7 atom stereocenters. The van der Waals surface area contributed by atoms with Crippen molar-refractivity contribution in [2.45, 2.75) is 64.0 Å². The molecule has 0 bridgehead atoms. The van der Waals surface area contributed by atoms with Crippen molar-refractivity contribution in [2.75, 3.05) is 5.88 Å². The van der Waals surface area contributed by atoms with Gasteiger partial charge in [-0.05, 0) is 68.2 Å². The molecule has 1 N–H and O–H groups in total. The third-order valence-corrected chi connectivity index (χ3v) is 9.17. The van der Waals surface area contributed by atoms with Crippen molar-refractivity contribution < 1.29 is 28.6 Å². The van der Waals surface area contributed by atoms with Gasteiger partial charge in [0.1, 0.15) is 5.56 Å². The fourth-order valence-corrected chi connectivity index (χ4v) is 7.73. The molecule has 3 aliphatic carbocycles. The van der Waals surface area contributed by atoms with Gasteiger partial charge in [0.25, 0.3) is 0 Å². The number of aliphatic hydroxyl groups excluding tert-OH is 1. The van der Waals surface area contributed by atoms with Gasteiger partial charge in [-0.1, -0.05) is 44.0 Å². The number of carbonyl (C=O) groups is 3. The Morgan fingerprint density at radius 2 is 2.09 bits per heavy atom. The van der Waals surface area contributed by atoms with Gasteiger partial charge in [-0.3, -0.25) is 9.59 Å². The van der Waals surface area contributed by atoms with Crippen LogP contribution in [-0.4, -0.2) is 39.7 Å². The number of ketones is 2. The summed E-state index contributed by atoms with van der Waals surface area (Å²) in [5.74, 6) is -1.75. The number of furan rings is 1. The van der Waals surface area contributed by atoms with Crippen LogP contribution in [0.25, 0.3) is 0 Å². The fourth-order valence-electron chi connectivity index (χ4n) is 7.21. The number of hydrogen-bond donors (Lipinski definition) is 1. The molecule has 0 radical (unpaired) electrons. The SMILES string of the molecule is C[C@@H]1C[C@@H]([C@@H]2CCC3=CC(=O)C=C[C@]3(C)C2)[C@](C)(CC(O)Cl)[C@@]1(OC(=O)c1ccco1)C(=O)CCl. The topological polar surface area (TPSA) is 93.8 Å². The van der Waals surface area contributed by atoms with Crippen LogP contribution in [0, 0.1) is 28.6 Å². The molecule has 0 saturated heterocycles. The van der Waals surface area contributed by atoms with Crippen LogP contribution < -0.4 is 0 Å². The number of halogens is 2. The Morgan fingerprint density at radius 1 is 1.34 bits per heavy atom. The second-order valence-corrected chi connectivity index (χ2v) is 11.6. The first-order valence-corrected chi connectivity index (χ1v) is 13.1. The summed E-state index contributed by atoms with van der Waals surface area (Å²) in [5, 5.41) is 10.4. The number of hydrogen-bond acceptors (Lipinski definition) is 6. The summed E-state index contributed by atoms with van der Waals surface area (Å²) in [5.41, 5.74) is -2.92. The Kier molecular flexibility index (Phi) is 7.13. The molecule has 2 fully saturated rings. The molecule has 8 heteroatoms. The van der Waals surface area contributed by atoms with Crippen molar-refractivity contribution >= 4 is 40.7 Å². The van der Waals surface area contributed by atoms with Crippen LogP contribution in [0.15, 0.2) is 46.6 Å². The van der Waals surface area contributed by atoms with Gasteiger partial charge < -0.3 is 14.3 Å². The number of alkyl halides is 2. The lowest BCUT2D eigenvalue weighted by atomic mass is 9.56. The molecule has 0 aliphatic heterocycles. The van der Waals surface area contributed by atoms with Crippen molar-refractivity contribution in [1.29, 1.82) is 0 Å². The lowest BCUT2D eigenvalue weighted by Crippen LogP contribution is -2.59. The highest BCUT2D eigenvalue weighted by Gasteiger charge is 2.69. The Bertz CT molecular complexity index is 1060. The summed E-state index contributed by atoms with van der Waals surface area (Å²) in [6.07, 6.45) is 9.75. The van der Waals surface area contributed by atoms with E-state index in [1.54, 1.807) is 18.2 Å². The van der Waals surface area contributed by atoms with Crippen molar-refractivity contribution in [3.63, 3.8) is 0 Å². The first kappa shape index (κ1) is 26.2. The zero-order valence-electron chi connectivity index (χ0n) is 20.3. The largest absolute Gasteiger partial charge is 0.457 e. The number of Topliss-reactive ketones (excluding diaryl/α,β-unsaturated/α-hetero) is 1. The molecule has 3 aliphatic rings. The molecule has 4 rings (SSSR count). The second kappa shape index (κ2) is 9.53. The van der Waals surface area contributed by atoms with Crippen LogP contribution in [0.4, 0.5) is 0 Å². The van der Waals surface area contributed by atoms with E-state index in [1.165, 1.54) is 12.3 Å². The van der Waals surface area contributed by atoms with Gasteiger partial charge in [-0.25, -0.2) is 4.79 Å². The first-order chi connectivity index (χ1) is 16.5. The molecule has 1 aromatic rings. The number of carbonyl (C=O) groups excluding carboxylic acids is 3. The molecule has 1 unspecified atom stereocenters. The summed E-state index contributed by atoms with van der Waals surface area (Å²) in [6.45, 7) is 5.92. The quantitative estimate of drug-likeness (QED) is 0.377. The lowest BCUT2D eigenvalue weighted by molar-refractivity contribution is -0.161. The van der Waals surface area contributed by atoms with E-state index in [4.69, 9.17) is 32.4 Å². The number of esters is 1. The van der Waals surface area contributed by atoms with Crippen LogP contribution in [-0.2, 0) is 14.3 Å². The van der Waals surface area contributed by atoms with Crippen LogP contribution in [0.1, 0.15) is 63.4 Å². The number of aliphatic hydroxyl groups is 1. The maximum absolute atomic E-state index is 13.6. The smallest absolute Gasteiger partial charge is 0.375 e. The minimum atomic E-state index is -1.57. The van der Waals surface area contributed by atoms with E-state index >= 15 is 0 Å². The fraction of sp³-hybridized carbons (Fsp3) is 0.593. The molecule has 1 heterocycles. The van der Waals surface area contributed by atoms with Crippen molar-refractivity contribution in [2.24, 2.45) is 28.6 Å². The normalized spacial score (nSPS) is 37.5. The molecule has 0 aromatic carbocycles. The summed E-state index contributed by atoms with van der Waals surface area (Å²) in [6, 6.07) is 3.06. The predicted molar refractivity (Wildman–Crippen MR) is 132 cm³/mol. The number of ether oxygens (including phenoxy) is 1. The van der Waals surface area contributed by atoms with Crippen molar-refractivity contribution in [3.8, 4) is 0 Å². The van der Waals surface area contributed by atoms with Crippen LogP contribution in [0.3, 0.4) is 0 Å². The van der Waals surface area contributed by atoms with Gasteiger partial charge in [-0.2, -0.15) is 0 Å². The summed E-state index contributed by atoms with van der Waals surface area (Å²) in [4.78, 5) is 38.6. The Labute approximate surface area is 215 Å². The Balaban J connectivity index is 1.76. The van der Waals surface area contributed by atoms with E-state index in [1.807, 2.05) is 19.9 Å². The first-order valence-electron chi connectivity index (χ1n) is 12.1. The zero-order valence-corrected chi connectivity index (χ0v) is 21.8. The monoisotopic (exact) mass is 522 g/mol. The van der Waals surface area contributed by atoms with Gasteiger partial charge in [0.2, 0.25) is 5.76 Å². The average Bonchev–Trinajstić information content (AvgIpc) is 3.40. The molecule has 190 valence electrons. The highest BCUT2D eigenvalue weighted by atomic mass is 35.5. The lowest BCUT2D eigenvalue weighted by Gasteiger charge is -2.50.